The maximum atomic E-state index is 13.2. The molecule has 0 rings (SSSR count). The summed E-state index contributed by atoms with van der Waals surface area (Å²) in [6, 6.07) is 0. The highest BCUT2D eigenvalue weighted by Gasteiger charge is 2.86. The van der Waals surface area contributed by atoms with E-state index in [0.29, 0.717) is 0 Å². The van der Waals surface area contributed by atoms with Gasteiger partial charge in [0.25, 0.3) is 0 Å². The van der Waals surface area contributed by atoms with Gasteiger partial charge in [0.1, 0.15) is 0 Å². The molecule has 0 atom stereocenters. The zero-order valence-corrected chi connectivity index (χ0v) is 17.1. The maximum Gasteiger partial charge on any atom is 0.496 e. The van der Waals surface area contributed by atoms with Gasteiger partial charge in [-0.05, 0) is 0 Å². The molecule has 0 aromatic heterocycles. The Morgan fingerprint density at radius 1 is 0.341 bits per heavy atom. The van der Waals surface area contributed by atoms with E-state index in [0.717, 1.165) is 9.47 Å². The largest absolute Gasteiger partial charge is 0.496 e. The number of hydrogen-bond acceptors (Lipinski definition) is 5. The fourth-order valence-electron chi connectivity index (χ4n) is 1.44. The summed E-state index contributed by atoms with van der Waals surface area (Å²) in [4.78, 5) is 10.1. The Hall–Kier alpha value is -2.33. The second-order valence-electron chi connectivity index (χ2n) is 6.46. The van der Waals surface area contributed by atoms with Crippen LogP contribution in [0.4, 0.5) is 105 Å². The van der Waals surface area contributed by atoms with Gasteiger partial charge in [0, 0.05) is 0 Å². The number of rotatable bonds is 12. The molecule has 0 saturated carbocycles. The maximum absolute atomic E-state index is 13.2. The van der Waals surface area contributed by atoms with Gasteiger partial charge >= 0.3 is 72.9 Å². The molecule has 246 valence electrons. The van der Waals surface area contributed by atoms with Crippen molar-refractivity contribution in [3.8, 4) is 0 Å². The van der Waals surface area contributed by atoms with E-state index in [2.05, 4.69) is 0 Å². The summed E-state index contributed by atoms with van der Waals surface area (Å²) in [5.41, 5.74) is 0. The normalized spacial score (nSPS) is 16.2. The first kappa shape index (κ1) is 38.7. The third kappa shape index (κ3) is 7.37. The lowest BCUT2D eigenvalue weighted by Gasteiger charge is -2.37. The summed E-state index contributed by atoms with van der Waals surface area (Å²) in [5, 5.41) is 0. The lowest BCUT2D eigenvalue weighted by molar-refractivity contribution is -0.577. The molecular weight excluding hydrogens is 680 g/mol. The molecular formula is C12F24O5. The Kier molecular flexibility index (Phi) is 9.57. The fraction of sp³-hybridized carbons (Fsp3) is 0.917. The van der Waals surface area contributed by atoms with Crippen molar-refractivity contribution in [1.82, 2.24) is 0 Å². The van der Waals surface area contributed by atoms with Crippen LogP contribution in [0, 0.1) is 0 Å². The Balaban J connectivity index is 6.23. The summed E-state index contributed by atoms with van der Waals surface area (Å²) in [6.45, 7) is 0. The molecule has 5 nitrogen and oxygen atoms in total. The minimum Gasteiger partial charge on any atom is -0.387 e. The highest BCUT2D eigenvalue weighted by atomic mass is 19.4. The van der Waals surface area contributed by atoms with E-state index >= 15 is 0 Å². The standard InChI is InChI=1S/C12F24O5/c13-2(14,15)1(37)38-7(25,26)8(27,28)40-11(33,34)12(35,36)41-10(31,32)9(29,30)39-6(23,24)4(18,19)3(16,17)5(20,21)22. The zero-order chi connectivity index (χ0) is 33.9. The van der Waals surface area contributed by atoms with Crippen LogP contribution in [0.2, 0.25) is 0 Å². The minimum atomic E-state index is -8.37. The van der Waals surface area contributed by atoms with Crippen molar-refractivity contribution >= 4 is 5.97 Å². The molecule has 0 aromatic rings. The van der Waals surface area contributed by atoms with Crippen LogP contribution in [0.3, 0.4) is 0 Å². The van der Waals surface area contributed by atoms with Gasteiger partial charge < -0.3 is 4.74 Å². The quantitative estimate of drug-likeness (QED) is 0.162. The van der Waals surface area contributed by atoms with Crippen LogP contribution < -0.4 is 0 Å². The third-order valence-corrected chi connectivity index (χ3v) is 3.35. The van der Waals surface area contributed by atoms with Crippen molar-refractivity contribution in [3.63, 3.8) is 0 Å². The van der Waals surface area contributed by atoms with Gasteiger partial charge in [-0.1, -0.05) is 0 Å². The third-order valence-electron chi connectivity index (χ3n) is 3.35. The van der Waals surface area contributed by atoms with Gasteiger partial charge in [0.2, 0.25) is 0 Å². The Morgan fingerprint density at radius 2 is 0.585 bits per heavy atom. The average molecular weight is 680 g/mol. The molecule has 0 aliphatic heterocycles. The van der Waals surface area contributed by atoms with Crippen LogP contribution in [0.5, 0.6) is 0 Å². The molecule has 0 aliphatic rings. The Morgan fingerprint density at radius 3 is 0.829 bits per heavy atom. The van der Waals surface area contributed by atoms with Crippen molar-refractivity contribution in [2.24, 2.45) is 0 Å². The van der Waals surface area contributed by atoms with E-state index in [4.69, 9.17) is 0 Å². The Labute approximate surface area is 203 Å². The van der Waals surface area contributed by atoms with Gasteiger partial charge in [-0.15, -0.1) is 0 Å². The van der Waals surface area contributed by atoms with E-state index in [1.165, 1.54) is 4.74 Å². The molecule has 41 heavy (non-hydrogen) atoms. The molecule has 0 bridgehead atoms. The first-order chi connectivity index (χ1) is 17.2. The first-order valence-corrected chi connectivity index (χ1v) is 8.12. The minimum absolute atomic E-state index is 1.00. The van der Waals surface area contributed by atoms with Crippen molar-refractivity contribution in [2.45, 2.75) is 67.0 Å². The predicted octanol–water partition coefficient (Wildman–Crippen LogP) is 7.12. The van der Waals surface area contributed by atoms with Crippen LogP contribution in [-0.2, 0) is 23.7 Å². The summed E-state index contributed by atoms with van der Waals surface area (Å²) >= 11 is 0. The number of ether oxygens (including phenoxy) is 4. The van der Waals surface area contributed by atoms with Crippen LogP contribution >= 0.6 is 0 Å². The van der Waals surface area contributed by atoms with Gasteiger partial charge in [0.15, 0.2) is 0 Å². The van der Waals surface area contributed by atoms with Crippen LogP contribution in [-0.4, -0.2) is 72.9 Å². The van der Waals surface area contributed by atoms with Crippen molar-refractivity contribution in [3.05, 3.63) is 0 Å². The molecule has 0 aromatic carbocycles. The lowest BCUT2D eigenvalue weighted by atomic mass is 10.1. The molecule has 29 heteroatoms. The number of carbonyl (C=O) groups excluding carboxylic acids is 1. The Bertz CT molecular complexity index is 946. The highest BCUT2D eigenvalue weighted by molar-refractivity contribution is 5.75. The smallest absolute Gasteiger partial charge is 0.387 e. The van der Waals surface area contributed by atoms with Crippen molar-refractivity contribution < 1.29 is 129 Å². The zero-order valence-electron chi connectivity index (χ0n) is 17.1. The molecule has 0 unspecified atom stereocenters. The number of halogens is 24. The second-order valence-corrected chi connectivity index (χ2v) is 6.46. The molecule has 0 spiro atoms. The van der Waals surface area contributed by atoms with E-state index in [1.54, 1.807) is 4.74 Å². The SMILES string of the molecule is O=C(OC(F)(F)C(F)(F)OC(F)(F)C(F)(F)OC(F)(F)C(F)(F)OC(F)(F)C(F)(F)C(F)(F)C(F)(F)F)C(F)(F)F. The van der Waals surface area contributed by atoms with Crippen LogP contribution in [0.25, 0.3) is 0 Å². The van der Waals surface area contributed by atoms with Gasteiger partial charge in [-0.2, -0.15) is 105 Å². The molecule has 0 amide bonds. The number of hydrogen-bond donors (Lipinski definition) is 0. The predicted molar refractivity (Wildman–Crippen MR) is 66.0 cm³/mol. The number of esters is 1. The van der Waals surface area contributed by atoms with Gasteiger partial charge in [-0.25, -0.2) is 19.0 Å². The summed E-state index contributed by atoms with van der Waals surface area (Å²) in [6.07, 6.45) is -70.3. The highest BCUT2D eigenvalue weighted by Crippen LogP contribution is 2.56. The van der Waals surface area contributed by atoms with E-state index < -0.39 is 72.9 Å². The van der Waals surface area contributed by atoms with E-state index in [9.17, 15) is 110 Å². The molecule has 0 radical (unpaired) electrons. The lowest BCUT2D eigenvalue weighted by Crippen LogP contribution is -2.65. The molecule has 0 saturated heterocycles. The van der Waals surface area contributed by atoms with Crippen LogP contribution in [0.15, 0.2) is 0 Å². The number of alkyl halides is 24. The molecule has 0 N–H and O–H groups in total. The van der Waals surface area contributed by atoms with Gasteiger partial charge in [-0.3, -0.25) is 0 Å². The van der Waals surface area contributed by atoms with E-state index in [1.807, 2.05) is 0 Å². The average Bonchev–Trinajstić information content (AvgIpc) is 2.62. The van der Waals surface area contributed by atoms with Crippen molar-refractivity contribution in [1.29, 1.82) is 0 Å². The molecule has 0 fully saturated rings. The van der Waals surface area contributed by atoms with E-state index in [-0.39, 0.29) is 0 Å². The fourth-order valence-corrected chi connectivity index (χ4v) is 1.44. The summed E-state index contributed by atoms with van der Waals surface area (Å²) < 4.78 is 310. The topological polar surface area (TPSA) is 54.0 Å². The number of carbonyl (C=O) groups is 1. The monoisotopic (exact) mass is 680 g/mol. The van der Waals surface area contributed by atoms with Gasteiger partial charge in [0.05, 0.1) is 0 Å². The second kappa shape index (κ2) is 10.1. The molecule has 0 aliphatic carbocycles. The summed E-state index contributed by atoms with van der Waals surface area (Å²) in [7, 11) is 0. The van der Waals surface area contributed by atoms with Crippen molar-refractivity contribution in [2.75, 3.05) is 0 Å². The molecule has 0 heterocycles. The first-order valence-electron chi connectivity index (χ1n) is 8.12. The summed E-state index contributed by atoms with van der Waals surface area (Å²) in [5.74, 6) is -20.9. The van der Waals surface area contributed by atoms with Crippen LogP contribution in [0.1, 0.15) is 0 Å².